The van der Waals surface area contributed by atoms with Crippen LogP contribution in [0, 0.1) is 11.8 Å². The van der Waals surface area contributed by atoms with Gasteiger partial charge in [0, 0.05) is 18.4 Å². The lowest BCUT2D eigenvalue weighted by molar-refractivity contribution is -0.118. The summed E-state index contributed by atoms with van der Waals surface area (Å²) in [6.07, 6.45) is 13.5. The van der Waals surface area contributed by atoms with Crippen LogP contribution in [-0.2, 0) is 11.2 Å². The Morgan fingerprint density at radius 3 is 2.72 bits per heavy atom. The summed E-state index contributed by atoms with van der Waals surface area (Å²) in [5.41, 5.74) is 6.50. The molecule has 1 aromatic heterocycles. The second-order valence-electron chi connectivity index (χ2n) is 7.96. The molecule has 0 radical (unpaired) electrons. The molecule has 0 aromatic carbocycles. The van der Waals surface area contributed by atoms with Crippen LogP contribution in [0.15, 0.2) is 0 Å². The molecule has 3 fully saturated rings. The first-order valence-corrected chi connectivity index (χ1v) is 10.0. The van der Waals surface area contributed by atoms with Gasteiger partial charge < -0.3 is 0 Å². The van der Waals surface area contributed by atoms with E-state index in [4.69, 9.17) is 0 Å². The highest BCUT2D eigenvalue weighted by molar-refractivity contribution is 5.93. The van der Waals surface area contributed by atoms with Crippen molar-refractivity contribution in [2.45, 2.75) is 82.7 Å². The molecule has 25 heavy (non-hydrogen) atoms. The zero-order chi connectivity index (χ0) is 17.1. The minimum absolute atomic E-state index is 0.0248. The van der Waals surface area contributed by atoms with Gasteiger partial charge in [0.1, 0.15) is 11.9 Å². The van der Waals surface area contributed by atoms with Crippen LogP contribution in [-0.4, -0.2) is 33.2 Å². The van der Waals surface area contributed by atoms with E-state index in [-0.39, 0.29) is 11.9 Å². The predicted molar refractivity (Wildman–Crippen MR) is 95.7 cm³/mol. The molecule has 2 heterocycles. The van der Waals surface area contributed by atoms with Crippen molar-refractivity contribution < 1.29 is 4.79 Å². The number of hydrazine groups is 1. The Morgan fingerprint density at radius 2 is 1.84 bits per heavy atom. The highest BCUT2D eigenvalue weighted by Gasteiger charge is 2.40. The van der Waals surface area contributed by atoms with E-state index in [1.165, 1.54) is 51.4 Å². The van der Waals surface area contributed by atoms with E-state index in [0.717, 1.165) is 31.0 Å². The van der Waals surface area contributed by atoms with Crippen molar-refractivity contribution >= 4 is 11.9 Å². The Hall–Kier alpha value is -1.47. The first-order valence-electron chi connectivity index (χ1n) is 10.0. The number of nitrogens with one attached hydrogen (secondary N) is 4. The lowest BCUT2D eigenvalue weighted by Gasteiger charge is -2.19. The van der Waals surface area contributed by atoms with Crippen LogP contribution >= 0.6 is 0 Å². The van der Waals surface area contributed by atoms with Gasteiger partial charge in [-0.15, -0.1) is 5.10 Å². The van der Waals surface area contributed by atoms with Crippen molar-refractivity contribution in [1.29, 1.82) is 0 Å². The third kappa shape index (κ3) is 4.03. The van der Waals surface area contributed by atoms with Crippen LogP contribution in [0.4, 0.5) is 5.95 Å². The van der Waals surface area contributed by atoms with E-state index in [0.29, 0.717) is 17.9 Å². The van der Waals surface area contributed by atoms with E-state index >= 15 is 0 Å². The smallest absolute Gasteiger partial charge is 0.248 e. The molecule has 2 saturated carbocycles. The fourth-order valence-electron chi connectivity index (χ4n) is 4.77. The molecule has 7 heteroatoms. The molecule has 0 spiro atoms. The topological polar surface area (TPSA) is 94.7 Å². The number of anilines is 1. The number of amides is 1. The molecule has 4 rings (SSSR count). The standard InChI is InChI=1S/C18H30N6O/c25-17(16-13-8-2-1-3-9-14(13)21-23-16)20-18-19-15(22-24-18)11-10-12-6-4-5-7-12/h12-14,16,21,23H,1-11H2,(H2,19,20,22,24,25). The van der Waals surface area contributed by atoms with Gasteiger partial charge in [-0.25, -0.2) is 5.43 Å². The van der Waals surface area contributed by atoms with Crippen molar-refractivity contribution in [3.63, 3.8) is 0 Å². The van der Waals surface area contributed by atoms with E-state index in [1.807, 2.05) is 0 Å². The average Bonchev–Trinajstić information content (AvgIpc) is 3.32. The third-order valence-electron chi connectivity index (χ3n) is 6.24. The van der Waals surface area contributed by atoms with E-state index in [2.05, 4.69) is 31.3 Å². The van der Waals surface area contributed by atoms with Gasteiger partial charge in [0.15, 0.2) is 0 Å². The Balaban J connectivity index is 1.30. The van der Waals surface area contributed by atoms with Crippen molar-refractivity contribution in [2.75, 3.05) is 5.32 Å². The Labute approximate surface area is 149 Å². The van der Waals surface area contributed by atoms with Gasteiger partial charge in [-0.1, -0.05) is 44.9 Å². The zero-order valence-electron chi connectivity index (χ0n) is 14.9. The highest BCUT2D eigenvalue weighted by Crippen LogP contribution is 2.30. The Bertz CT molecular complexity index is 582. The van der Waals surface area contributed by atoms with Crippen molar-refractivity contribution in [3.8, 4) is 0 Å². The summed E-state index contributed by atoms with van der Waals surface area (Å²) >= 11 is 0. The number of aromatic nitrogens is 3. The number of hydrogen-bond donors (Lipinski definition) is 4. The molecule has 4 N–H and O–H groups in total. The van der Waals surface area contributed by atoms with Crippen molar-refractivity contribution in [3.05, 3.63) is 5.82 Å². The Morgan fingerprint density at radius 1 is 1.04 bits per heavy atom. The number of rotatable bonds is 5. The van der Waals surface area contributed by atoms with E-state index in [1.54, 1.807) is 0 Å². The number of aryl methyl sites for hydroxylation is 1. The minimum Gasteiger partial charge on any atom is -0.292 e. The molecule has 3 aliphatic rings. The minimum atomic E-state index is -0.191. The molecule has 3 atom stereocenters. The molecule has 1 saturated heterocycles. The largest absolute Gasteiger partial charge is 0.292 e. The molecule has 0 bridgehead atoms. The summed E-state index contributed by atoms with van der Waals surface area (Å²) in [4.78, 5) is 17.1. The maximum absolute atomic E-state index is 12.7. The predicted octanol–water partition coefficient (Wildman–Crippen LogP) is 2.29. The Kier molecular flexibility index (Phi) is 5.31. The van der Waals surface area contributed by atoms with Gasteiger partial charge in [0.2, 0.25) is 11.9 Å². The van der Waals surface area contributed by atoms with E-state index in [9.17, 15) is 4.79 Å². The van der Waals surface area contributed by atoms with Crippen LogP contribution in [0.5, 0.6) is 0 Å². The summed E-state index contributed by atoms with van der Waals surface area (Å²) in [5.74, 6) is 2.47. The number of nitrogens with zero attached hydrogens (tertiary/aromatic N) is 2. The molecule has 3 unspecified atom stereocenters. The summed E-state index contributed by atoms with van der Waals surface area (Å²) in [7, 11) is 0. The summed E-state index contributed by atoms with van der Waals surface area (Å²) in [6, 6.07) is 0.218. The quantitative estimate of drug-likeness (QED) is 0.656. The summed E-state index contributed by atoms with van der Waals surface area (Å²) in [6.45, 7) is 0. The molecular formula is C18H30N6O. The number of fused-ring (bicyclic) bond motifs is 1. The summed E-state index contributed by atoms with van der Waals surface area (Å²) < 4.78 is 0. The van der Waals surface area contributed by atoms with Gasteiger partial charge in [-0.2, -0.15) is 4.98 Å². The summed E-state index contributed by atoms with van der Waals surface area (Å²) in [5, 5.41) is 10.0. The fraction of sp³-hybridized carbons (Fsp3) is 0.833. The average molecular weight is 346 g/mol. The number of hydrogen-bond acceptors (Lipinski definition) is 5. The monoisotopic (exact) mass is 346 g/mol. The molecule has 7 nitrogen and oxygen atoms in total. The normalized spacial score (nSPS) is 30.2. The second kappa shape index (κ2) is 7.83. The maximum atomic E-state index is 12.7. The van der Waals surface area contributed by atoms with Crippen LogP contribution in [0.2, 0.25) is 0 Å². The molecule has 2 aliphatic carbocycles. The molecule has 1 aliphatic heterocycles. The zero-order valence-corrected chi connectivity index (χ0v) is 14.9. The third-order valence-corrected chi connectivity index (χ3v) is 6.24. The number of carbonyl (C=O) groups excluding carboxylic acids is 1. The first-order chi connectivity index (χ1) is 12.3. The van der Waals surface area contributed by atoms with Gasteiger partial charge in [0.05, 0.1) is 0 Å². The number of carbonyl (C=O) groups is 1. The maximum Gasteiger partial charge on any atom is 0.248 e. The van der Waals surface area contributed by atoms with Gasteiger partial charge in [-0.05, 0) is 25.2 Å². The number of aromatic amines is 1. The van der Waals surface area contributed by atoms with Gasteiger partial charge in [-0.3, -0.25) is 20.6 Å². The molecule has 1 amide bonds. The highest BCUT2D eigenvalue weighted by atomic mass is 16.2. The first kappa shape index (κ1) is 17.0. The van der Waals surface area contributed by atoms with Crippen LogP contribution < -0.4 is 16.2 Å². The van der Waals surface area contributed by atoms with Crippen LogP contribution in [0.25, 0.3) is 0 Å². The molecular weight excluding hydrogens is 316 g/mol. The van der Waals surface area contributed by atoms with Crippen LogP contribution in [0.1, 0.15) is 70.0 Å². The second-order valence-corrected chi connectivity index (χ2v) is 7.96. The SMILES string of the molecule is O=C(Nc1n[nH]c(CCC2CCCC2)n1)C1NNC2CCCCCC21. The lowest BCUT2D eigenvalue weighted by atomic mass is 9.90. The van der Waals surface area contributed by atoms with Crippen molar-refractivity contribution in [1.82, 2.24) is 26.0 Å². The van der Waals surface area contributed by atoms with E-state index < -0.39 is 0 Å². The molecule has 138 valence electrons. The molecule has 1 aromatic rings. The fourth-order valence-corrected chi connectivity index (χ4v) is 4.77. The lowest BCUT2D eigenvalue weighted by Crippen LogP contribution is -2.42. The van der Waals surface area contributed by atoms with Crippen molar-refractivity contribution in [2.24, 2.45) is 11.8 Å². The van der Waals surface area contributed by atoms with Gasteiger partial charge in [0.25, 0.3) is 0 Å². The van der Waals surface area contributed by atoms with Crippen LogP contribution in [0.3, 0.4) is 0 Å². The van der Waals surface area contributed by atoms with Gasteiger partial charge >= 0.3 is 0 Å². The number of H-pyrrole nitrogens is 1.